The van der Waals surface area contributed by atoms with Crippen LogP contribution in [-0.4, -0.2) is 23.6 Å². The van der Waals surface area contributed by atoms with Crippen LogP contribution >= 0.6 is 0 Å². The zero-order chi connectivity index (χ0) is 10.7. The zero-order valence-electron chi connectivity index (χ0n) is 9.46. The van der Waals surface area contributed by atoms with E-state index in [0.717, 1.165) is 12.2 Å². The lowest BCUT2D eigenvalue weighted by Gasteiger charge is -2.29. The number of hydrogen-bond donors (Lipinski definition) is 2. The molecule has 1 aliphatic rings. The van der Waals surface area contributed by atoms with Gasteiger partial charge in [0.2, 0.25) is 0 Å². The van der Waals surface area contributed by atoms with Gasteiger partial charge < -0.3 is 10.6 Å². The number of piperidine rings is 1. The fraction of sp³-hybridized carbons (Fsp3) is 0.583. The molecule has 0 amide bonds. The maximum absolute atomic E-state index is 4.20. The molecule has 1 fully saturated rings. The minimum Gasteiger partial charge on any atom is -0.382 e. The van der Waals surface area contributed by atoms with Crippen LogP contribution in [0.15, 0.2) is 18.3 Å². The molecular formula is C12H19N3. The van der Waals surface area contributed by atoms with E-state index in [4.69, 9.17) is 0 Å². The van der Waals surface area contributed by atoms with Gasteiger partial charge in [0.1, 0.15) is 0 Å². The molecule has 0 saturated carbocycles. The van der Waals surface area contributed by atoms with Crippen LogP contribution in [0.1, 0.15) is 25.5 Å². The summed E-state index contributed by atoms with van der Waals surface area (Å²) in [4.78, 5) is 4.20. The number of aryl methyl sites for hydroxylation is 1. The van der Waals surface area contributed by atoms with E-state index in [9.17, 15) is 0 Å². The number of anilines is 1. The van der Waals surface area contributed by atoms with E-state index in [1.807, 2.05) is 19.2 Å². The van der Waals surface area contributed by atoms with Gasteiger partial charge in [0.25, 0.3) is 0 Å². The topological polar surface area (TPSA) is 37.0 Å². The van der Waals surface area contributed by atoms with Crippen molar-refractivity contribution in [3.8, 4) is 0 Å². The van der Waals surface area contributed by atoms with Crippen LogP contribution in [0.5, 0.6) is 0 Å². The zero-order valence-corrected chi connectivity index (χ0v) is 9.46. The van der Waals surface area contributed by atoms with Gasteiger partial charge in [-0.3, -0.25) is 4.98 Å². The van der Waals surface area contributed by atoms with Crippen molar-refractivity contribution in [1.29, 1.82) is 0 Å². The Hall–Kier alpha value is -1.09. The van der Waals surface area contributed by atoms with Crippen LogP contribution in [0.2, 0.25) is 0 Å². The van der Waals surface area contributed by atoms with Crippen LogP contribution in [-0.2, 0) is 0 Å². The number of pyridine rings is 1. The molecule has 2 atom stereocenters. The summed E-state index contributed by atoms with van der Waals surface area (Å²) in [7, 11) is 0. The molecule has 0 spiro atoms. The van der Waals surface area contributed by atoms with Gasteiger partial charge in [-0.2, -0.15) is 0 Å². The van der Waals surface area contributed by atoms with Gasteiger partial charge in [0.15, 0.2) is 0 Å². The summed E-state index contributed by atoms with van der Waals surface area (Å²) in [5.41, 5.74) is 2.27. The average Bonchev–Trinajstić information content (AvgIpc) is 2.17. The van der Waals surface area contributed by atoms with Gasteiger partial charge in [0.05, 0.1) is 0 Å². The molecule has 1 aromatic heterocycles. The third-order valence-electron chi connectivity index (χ3n) is 2.89. The monoisotopic (exact) mass is 205 g/mol. The molecule has 1 saturated heterocycles. The Labute approximate surface area is 91.3 Å². The Morgan fingerprint density at radius 1 is 1.53 bits per heavy atom. The van der Waals surface area contributed by atoms with Crippen LogP contribution in [0.25, 0.3) is 0 Å². The first kappa shape index (κ1) is 10.4. The van der Waals surface area contributed by atoms with E-state index < -0.39 is 0 Å². The van der Waals surface area contributed by atoms with Crippen molar-refractivity contribution in [2.24, 2.45) is 0 Å². The lowest BCUT2D eigenvalue weighted by molar-refractivity contribution is 0.396. The molecule has 0 bridgehead atoms. The van der Waals surface area contributed by atoms with Crippen molar-refractivity contribution >= 4 is 5.69 Å². The molecule has 0 aromatic carbocycles. The van der Waals surface area contributed by atoms with Crippen molar-refractivity contribution in [3.63, 3.8) is 0 Å². The Morgan fingerprint density at radius 2 is 2.40 bits per heavy atom. The Balaban J connectivity index is 1.96. The molecule has 2 rings (SSSR count). The van der Waals surface area contributed by atoms with Gasteiger partial charge in [-0.05, 0) is 45.4 Å². The van der Waals surface area contributed by atoms with Crippen molar-refractivity contribution < 1.29 is 0 Å². The minimum atomic E-state index is 0.600. The molecule has 3 nitrogen and oxygen atoms in total. The maximum Gasteiger partial charge on any atom is 0.0393 e. The van der Waals surface area contributed by atoms with Gasteiger partial charge in [0, 0.05) is 29.7 Å². The fourth-order valence-electron chi connectivity index (χ4n) is 2.13. The van der Waals surface area contributed by atoms with Crippen LogP contribution < -0.4 is 10.6 Å². The summed E-state index contributed by atoms with van der Waals surface area (Å²) in [6, 6.07) is 5.37. The van der Waals surface area contributed by atoms with E-state index in [-0.39, 0.29) is 0 Å². The molecule has 15 heavy (non-hydrogen) atoms. The molecule has 82 valence electrons. The van der Waals surface area contributed by atoms with Gasteiger partial charge in [-0.25, -0.2) is 0 Å². The first-order valence-electron chi connectivity index (χ1n) is 5.66. The highest BCUT2D eigenvalue weighted by molar-refractivity contribution is 5.44. The second-order valence-electron chi connectivity index (χ2n) is 4.41. The highest BCUT2D eigenvalue weighted by Crippen LogP contribution is 2.15. The predicted octanol–water partition coefficient (Wildman–Crippen LogP) is 1.94. The van der Waals surface area contributed by atoms with Crippen molar-refractivity contribution in [2.75, 3.05) is 11.9 Å². The average molecular weight is 205 g/mol. The van der Waals surface area contributed by atoms with Gasteiger partial charge in [-0.1, -0.05) is 0 Å². The van der Waals surface area contributed by atoms with E-state index in [2.05, 4.69) is 28.6 Å². The lowest BCUT2D eigenvalue weighted by atomic mass is 10.0. The van der Waals surface area contributed by atoms with Crippen LogP contribution in [0.4, 0.5) is 5.69 Å². The Morgan fingerprint density at radius 3 is 3.13 bits per heavy atom. The summed E-state index contributed by atoms with van der Waals surface area (Å²) >= 11 is 0. The molecule has 2 unspecified atom stereocenters. The van der Waals surface area contributed by atoms with Crippen molar-refractivity contribution in [2.45, 2.75) is 38.8 Å². The standard InChI is InChI=1S/C12H19N3/c1-9-7-11(3-5-13-9)15-12-4-6-14-10(2)8-12/h3,5,7,10,12,14H,4,6,8H2,1-2H3,(H,13,15). The van der Waals surface area contributed by atoms with E-state index in [1.165, 1.54) is 18.5 Å². The summed E-state index contributed by atoms with van der Waals surface area (Å²) < 4.78 is 0. The number of nitrogens with zero attached hydrogens (tertiary/aromatic N) is 1. The largest absolute Gasteiger partial charge is 0.382 e. The molecule has 1 aromatic rings. The number of rotatable bonds is 2. The normalized spacial score (nSPS) is 26.3. The lowest BCUT2D eigenvalue weighted by Crippen LogP contribution is -2.41. The summed E-state index contributed by atoms with van der Waals surface area (Å²) in [6.07, 6.45) is 4.26. The van der Waals surface area contributed by atoms with Crippen LogP contribution in [0, 0.1) is 6.92 Å². The summed E-state index contributed by atoms with van der Waals surface area (Å²) in [5.74, 6) is 0. The Bertz CT molecular complexity index is 324. The molecular weight excluding hydrogens is 186 g/mol. The quantitative estimate of drug-likeness (QED) is 0.774. The van der Waals surface area contributed by atoms with Crippen molar-refractivity contribution in [3.05, 3.63) is 24.0 Å². The molecule has 0 radical (unpaired) electrons. The second kappa shape index (κ2) is 4.62. The SMILES string of the molecule is Cc1cc(NC2CCNC(C)C2)ccn1. The highest BCUT2D eigenvalue weighted by atomic mass is 15.0. The van der Waals surface area contributed by atoms with E-state index in [1.54, 1.807) is 0 Å². The first-order valence-corrected chi connectivity index (χ1v) is 5.66. The molecule has 3 heteroatoms. The molecule has 2 N–H and O–H groups in total. The third-order valence-corrected chi connectivity index (χ3v) is 2.89. The highest BCUT2D eigenvalue weighted by Gasteiger charge is 2.17. The Kier molecular flexibility index (Phi) is 3.21. The molecule has 1 aliphatic heterocycles. The smallest absolute Gasteiger partial charge is 0.0393 e. The van der Waals surface area contributed by atoms with E-state index >= 15 is 0 Å². The fourth-order valence-corrected chi connectivity index (χ4v) is 2.13. The minimum absolute atomic E-state index is 0.600. The first-order chi connectivity index (χ1) is 7.24. The number of nitrogens with one attached hydrogen (secondary N) is 2. The van der Waals surface area contributed by atoms with Crippen molar-refractivity contribution in [1.82, 2.24) is 10.3 Å². The number of hydrogen-bond acceptors (Lipinski definition) is 3. The number of aromatic nitrogens is 1. The molecule has 0 aliphatic carbocycles. The van der Waals surface area contributed by atoms with Crippen LogP contribution in [0.3, 0.4) is 0 Å². The summed E-state index contributed by atoms with van der Waals surface area (Å²) in [5, 5.41) is 7.03. The molecule has 2 heterocycles. The summed E-state index contributed by atoms with van der Waals surface area (Å²) in [6.45, 7) is 5.38. The predicted molar refractivity (Wildman–Crippen MR) is 63.1 cm³/mol. The van der Waals surface area contributed by atoms with E-state index in [0.29, 0.717) is 12.1 Å². The van der Waals surface area contributed by atoms with Gasteiger partial charge in [-0.15, -0.1) is 0 Å². The third kappa shape index (κ3) is 2.93. The second-order valence-corrected chi connectivity index (χ2v) is 4.41. The maximum atomic E-state index is 4.20. The van der Waals surface area contributed by atoms with Gasteiger partial charge >= 0.3 is 0 Å².